The van der Waals surface area contributed by atoms with E-state index in [0.717, 1.165) is 18.5 Å². The lowest BCUT2D eigenvalue weighted by Crippen LogP contribution is -2.37. The van der Waals surface area contributed by atoms with Gasteiger partial charge in [-0.05, 0) is 62.4 Å². The van der Waals surface area contributed by atoms with Crippen LogP contribution in [0.1, 0.15) is 31.2 Å². The fourth-order valence-corrected chi connectivity index (χ4v) is 3.01. The van der Waals surface area contributed by atoms with Crippen LogP contribution in [0.5, 0.6) is 5.75 Å². The van der Waals surface area contributed by atoms with E-state index >= 15 is 0 Å². The molecule has 1 aliphatic carbocycles. The minimum absolute atomic E-state index is 0.361. The highest BCUT2D eigenvalue weighted by Crippen LogP contribution is 2.30. The number of benzene rings is 1. The smallest absolute Gasteiger partial charge is 0.115 e. The lowest BCUT2D eigenvalue weighted by Gasteiger charge is -2.30. The van der Waals surface area contributed by atoms with Crippen LogP contribution < -0.4 is 5.32 Å². The molecule has 0 unspecified atom stereocenters. The summed E-state index contributed by atoms with van der Waals surface area (Å²) < 4.78 is 0. The van der Waals surface area contributed by atoms with Crippen molar-refractivity contribution in [3.05, 3.63) is 29.8 Å². The fourth-order valence-electron chi connectivity index (χ4n) is 3.01. The Morgan fingerprint density at radius 2 is 1.74 bits per heavy atom. The molecule has 2 N–H and O–H groups in total. The van der Waals surface area contributed by atoms with Crippen LogP contribution in [0, 0.1) is 5.92 Å². The average molecular weight is 260 g/mol. The minimum Gasteiger partial charge on any atom is -0.508 e. The Balaban J connectivity index is 1.59. The second-order valence-corrected chi connectivity index (χ2v) is 6.02. The number of nitrogens with one attached hydrogen (secondary N) is 1. The van der Waals surface area contributed by atoms with Gasteiger partial charge in [0.15, 0.2) is 0 Å². The normalized spacial score (nSPS) is 20.9. The molecule has 0 atom stereocenters. The third kappa shape index (κ3) is 3.71. The van der Waals surface area contributed by atoms with Gasteiger partial charge in [0.05, 0.1) is 0 Å². The molecule has 1 saturated heterocycles. The van der Waals surface area contributed by atoms with Crippen molar-refractivity contribution in [2.45, 2.75) is 38.3 Å². The van der Waals surface area contributed by atoms with Gasteiger partial charge >= 0.3 is 0 Å². The molecule has 1 saturated carbocycles. The van der Waals surface area contributed by atoms with E-state index < -0.39 is 0 Å². The van der Waals surface area contributed by atoms with Gasteiger partial charge in [0.2, 0.25) is 0 Å². The molecule has 1 aliphatic heterocycles. The summed E-state index contributed by atoms with van der Waals surface area (Å²) in [5, 5.41) is 12.8. The number of aromatic hydroxyl groups is 1. The van der Waals surface area contributed by atoms with Gasteiger partial charge in [0.25, 0.3) is 0 Å². The highest BCUT2D eigenvalue weighted by atomic mass is 16.3. The largest absolute Gasteiger partial charge is 0.508 e. The first-order valence-electron chi connectivity index (χ1n) is 7.54. The monoisotopic (exact) mass is 260 g/mol. The second kappa shape index (κ2) is 5.93. The van der Waals surface area contributed by atoms with Crippen LogP contribution in [0.2, 0.25) is 0 Å². The standard InChI is InChI=1S/C16H24N2O/c19-16-5-1-13(2-6-16)11-18(15-3-4-15)12-14-7-9-17-10-8-14/h1-2,5-6,14-15,17,19H,3-4,7-12H2. The molecule has 3 rings (SSSR count). The molecule has 19 heavy (non-hydrogen) atoms. The van der Waals surface area contributed by atoms with Gasteiger partial charge in [-0.15, -0.1) is 0 Å². The molecular weight excluding hydrogens is 236 g/mol. The lowest BCUT2D eigenvalue weighted by molar-refractivity contribution is 0.190. The van der Waals surface area contributed by atoms with Gasteiger partial charge in [-0.25, -0.2) is 0 Å². The summed E-state index contributed by atoms with van der Waals surface area (Å²) >= 11 is 0. The molecule has 0 spiro atoms. The van der Waals surface area contributed by atoms with Crippen LogP contribution in [-0.2, 0) is 6.54 Å². The molecular formula is C16H24N2O. The van der Waals surface area contributed by atoms with Gasteiger partial charge in [-0.3, -0.25) is 4.90 Å². The van der Waals surface area contributed by atoms with Crippen molar-refractivity contribution in [2.24, 2.45) is 5.92 Å². The summed E-state index contributed by atoms with van der Waals surface area (Å²) in [5.74, 6) is 1.22. The van der Waals surface area contributed by atoms with Crippen molar-refractivity contribution < 1.29 is 5.11 Å². The lowest BCUT2D eigenvalue weighted by atomic mass is 9.97. The number of phenols is 1. The molecule has 104 valence electrons. The number of piperidine rings is 1. The van der Waals surface area contributed by atoms with Crippen LogP contribution in [0.4, 0.5) is 0 Å². The Morgan fingerprint density at radius 3 is 2.37 bits per heavy atom. The second-order valence-electron chi connectivity index (χ2n) is 6.02. The van der Waals surface area contributed by atoms with E-state index in [0.29, 0.717) is 5.75 Å². The van der Waals surface area contributed by atoms with Crippen molar-refractivity contribution >= 4 is 0 Å². The number of rotatable bonds is 5. The fraction of sp³-hybridized carbons (Fsp3) is 0.625. The summed E-state index contributed by atoms with van der Waals surface area (Å²) in [6.45, 7) is 4.65. The van der Waals surface area contributed by atoms with Crippen molar-refractivity contribution in [2.75, 3.05) is 19.6 Å². The first-order valence-corrected chi connectivity index (χ1v) is 7.54. The van der Waals surface area contributed by atoms with Gasteiger partial charge in [0, 0.05) is 19.1 Å². The maximum atomic E-state index is 9.35. The van der Waals surface area contributed by atoms with Gasteiger partial charge in [-0.2, -0.15) is 0 Å². The molecule has 1 aromatic rings. The van der Waals surface area contributed by atoms with Crippen molar-refractivity contribution in [1.82, 2.24) is 10.2 Å². The zero-order valence-corrected chi connectivity index (χ0v) is 11.5. The third-order valence-electron chi connectivity index (χ3n) is 4.34. The summed E-state index contributed by atoms with van der Waals surface area (Å²) in [6.07, 6.45) is 5.36. The van der Waals surface area contributed by atoms with Crippen LogP contribution in [0.15, 0.2) is 24.3 Å². The number of phenolic OH excluding ortho intramolecular Hbond substituents is 1. The van der Waals surface area contributed by atoms with E-state index in [1.54, 1.807) is 12.1 Å². The van der Waals surface area contributed by atoms with Crippen LogP contribution in [-0.4, -0.2) is 35.7 Å². The van der Waals surface area contributed by atoms with E-state index in [1.807, 2.05) is 12.1 Å². The first-order chi connectivity index (χ1) is 9.31. The van der Waals surface area contributed by atoms with Gasteiger partial charge in [-0.1, -0.05) is 12.1 Å². The van der Waals surface area contributed by atoms with Gasteiger partial charge in [0.1, 0.15) is 5.75 Å². The summed E-state index contributed by atoms with van der Waals surface area (Å²) in [4.78, 5) is 2.66. The van der Waals surface area contributed by atoms with Crippen LogP contribution in [0.25, 0.3) is 0 Å². The SMILES string of the molecule is Oc1ccc(CN(CC2CCNCC2)C2CC2)cc1. The summed E-state index contributed by atoms with van der Waals surface area (Å²) in [5.41, 5.74) is 1.32. The Morgan fingerprint density at radius 1 is 1.05 bits per heavy atom. The predicted octanol–water partition coefficient (Wildman–Crippen LogP) is 2.36. The Kier molecular flexibility index (Phi) is 4.04. The van der Waals surface area contributed by atoms with E-state index in [2.05, 4.69) is 10.2 Å². The number of hydrogen-bond donors (Lipinski definition) is 2. The zero-order valence-electron chi connectivity index (χ0n) is 11.5. The highest BCUT2D eigenvalue weighted by Gasteiger charge is 2.30. The van der Waals surface area contributed by atoms with Crippen molar-refractivity contribution in [3.63, 3.8) is 0 Å². The molecule has 0 amide bonds. The Labute approximate surface area is 115 Å². The Bertz CT molecular complexity index is 394. The molecule has 0 bridgehead atoms. The zero-order chi connectivity index (χ0) is 13.1. The van der Waals surface area contributed by atoms with E-state index in [9.17, 15) is 5.11 Å². The van der Waals surface area contributed by atoms with Crippen molar-refractivity contribution in [3.8, 4) is 5.75 Å². The van der Waals surface area contributed by atoms with E-state index in [4.69, 9.17) is 0 Å². The Hall–Kier alpha value is -1.06. The molecule has 3 heteroatoms. The first kappa shape index (κ1) is 12.9. The molecule has 0 radical (unpaired) electrons. The van der Waals surface area contributed by atoms with Crippen molar-refractivity contribution in [1.29, 1.82) is 0 Å². The van der Waals surface area contributed by atoms with E-state index in [1.165, 1.54) is 50.9 Å². The van der Waals surface area contributed by atoms with Crippen LogP contribution in [0.3, 0.4) is 0 Å². The average Bonchev–Trinajstić information content (AvgIpc) is 3.26. The minimum atomic E-state index is 0.361. The molecule has 0 aromatic heterocycles. The molecule has 2 aliphatic rings. The van der Waals surface area contributed by atoms with Gasteiger partial charge < -0.3 is 10.4 Å². The molecule has 1 heterocycles. The number of hydrogen-bond acceptors (Lipinski definition) is 3. The summed E-state index contributed by atoms with van der Waals surface area (Å²) in [7, 11) is 0. The highest BCUT2D eigenvalue weighted by molar-refractivity contribution is 5.25. The predicted molar refractivity (Wildman–Crippen MR) is 77.1 cm³/mol. The maximum Gasteiger partial charge on any atom is 0.115 e. The van der Waals surface area contributed by atoms with Crippen LogP contribution >= 0.6 is 0 Å². The quantitative estimate of drug-likeness (QED) is 0.853. The molecule has 3 nitrogen and oxygen atoms in total. The third-order valence-corrected chi connectivity index (χ3v) is 4.34. The van der Waals surface area contributed by atoms with E-state index in [-0.39, 0.29) is 0 Å². The molecule has 1 aromatic carbocycles. The number of nitrogens with zero attached hydrogens (tertiary/aromatic N) is 1. The topological polar surface area (TPSA) is 35.5 Å². The molecule has 2 fully saturated rings. The summed E-state index contributed by atoms with van der Waals surface area (Å²) in [6, 6.07) is 8.50. The maximum absolute atomic E-state index is 9.35.